The molecule has 1 aromatic rings. The minimum Gasteiger partial charge on any atom is -0.469 e. The highest BCUT2D eigenvalue weighted by molar-refractivity contribution is 7.16. The van der Waals surface area contributed by atoms with Crippen molar-refractivity contribution in [3.8, 4) is 0 Å². The van der Waals surface area contributed by atoms with Crippen LogP contribution < -0.4 is 5.32 Å². The Morgan fingerprint density at radius 1 is 1.32 bits per heavy atom. The Kier molecular flexibility index (Phi) is 5.23. The van der Waals surface area contributed by atoms with Gasteiger partial charge < -0.3 is 15.5 Å². The lowest BCUT2D eigenvalue weighted by molar-refractivity contribution is -0.141. The van der Waals surface area contributed by atoms with Crippen LogP contribution in [0.2, 0.25) is 0 Å². The van der Waals surface area contributed by atoms with Gasteiger partial charge in [-0.2, -0.15) is 0 Å². The van der Waals surface area contributed by atoms with Gasteiger partial charge in [0.1, 0.15) is 5.00 Å². The third kappa shape index (κ3) is 3.89. The summed E-state index contributed by atoms with van der Waals surface area (Å²) < 4.78 is 4.49. The number of methoxy groups -OCH3 is 1. The van der Waals surface area contributed by atoms with E-state index in [1.807, 2.05) is 13.8 Å². The molecule has 0 saturated heterocycles. The van der Waals surface area contributed by atoms with Gasteiger partial charge in [0, 0.05) is 22.6 Å². The van der Waals surface area contributed by atoms with Gasteiger partial charge in [-0.25, -0.2) is 0 Å². The number of hydrogen-bond donors (Lipinski definition) is 2. The largest absolute Gasteiger partial charge is 0.469 e. The van der Waals surface area contributed by atoms with Crippen LogP contribution in [0, 0.1) is 19.3 Å². The number of rotatable bonds is 5. The van der Waals surface area contributed by atoms with Crippen LogP contribution in [0.4, 0.5) is 5.00 Å². The minimum absolute atomic E-state index is 0.0601. The lowest BCUT2D eigenvalue weighted by Gasteiger charge is -2.06. The summed E-state index contributed by atoms with van der Waals surface area (Å²) in [5.74, 6) is -0.647. The molecule has 0 saturated carbocycles. The van der Waals surface area contributed by atoms with Crippen LogP contribution in [-0.2, 0) is 14.3 Å². The van der Waals surface area contributed by atoms with E-state index in [9.17, 15) is 9.59 Å². The topological polar surface area (TPSA) is 79.2 Å². The van der Waals surface area contributed by atoms with Crippen LogP contribution in [0.1, 0.15) is 35.8 Å². The highest BCUT2D eigenvalue weighted by atomic mass is 32.1. The molecule has 0 atom stereocenters. The Morgan fingerprint density at radius 2 is 1.95 bits per heavy atom. The molecule has 0 spiro atoms. The van der Waals surface area contributed by atoms with Crippen LogP contribution in [0.15, 0.2) is 0 Å². The molecule has 0 aliphatic carbocycles. The average molecular weight is 282 g/mol. The summed E-state index contributed by atoms with van der Waals surface area (Å²) in [6.45, 7) is 5.58. The van der Waals surface area contributed by atoms with Gasteiger partial charge in [0.2, 0.25) is 5.91 Å². The lowest BCUT2D eigenvalue weighted by Crippen LogP contribution is -2.14. The Labute approximate surface area is 116 Å². The predicted octanol–water partition coefficient (Wildman–Crippen LogP) is 2.64. The van der Waals surface area contributed by atoms with Crippen molar-refractivity contribution < 1.29 is 14.3 Å². The Balaban J connectivity index is 2.77. The highest BCUT2D eigenvalue weighted by Gasteiger charge is 2.16. The quantitative estimate of drug-likeness (QED) is 0.643. The van der Waals surface area contributed by atoms with E-state index in [1.54, 1.807) is 6.92 Å². The van der Waals surface area contributed by atoms with Gasteiger partial charge >= 0.3 is 5.97 Å². The summed E-state index contributed by atoms with van der Waals surface area (Å²) in [4.78, 5) is 23.8. The number of amides is 1. The molecule has 0 unspecified atom stereocenters. The molecule has 1 heterocycles. The van der Waals surface area contributed by atoms with Crippen LogP contribution in [0.5, 0.6) is 0 Å². The van der Waals surface area contributed by atoms with Crippen molar-refractivity contribution in [3.05, 3.63) is 16.0 Å². The van der Waals surface area contributed by atoms with E-state index in [0.29, 0.717) is 10.7 Å². The third-order valence-corrected chi connectivity index (χ3v) is 3.92. The van der Waals surface area contributed by atoms with Crippen molar-refractivity contribution in [2.24, 2.45) is 0 Å². The maximum atomic E-state index is 11.7. The molecule has 104 valence electrons. The standard InChI is InChI=1S/C13H18N2O3S/c1-7-9(3)19-13(12(7)8(2)14)15-10(16)5-6-11(17)18-4/h14H,5-6H2,1-4H3,(H,15,16). The molecule has 0 radical (unpaired) electrons. The predicted molar refractivity (Wildman–Crippen MR) is 76.2 cm³/mol. The fraction of sp³-hybridized carbons (Fsp3) is 0.462. The SMILES string of the molecule is COC(=O)CCC(=O)Nc1sc(C)c(C)c1C(C)=N. The summed E-state index contributed by atoms with van der Waals surface area (Å²) in [6.07, 6.45) is 0.143. The van der Waals surface area contributed by atoms with E-state index in [1.165, 1.54) is 18.4 Å². The number of carbonyl (C=O) groups is 2. The Bertz CT molecular complexity index is 520. The van der Waals surface area contributed by atoms with Gasteiger partial charge in [0.05, 0.1) is 13.5 Å². The first-order valence-corrected chi connectivity index (χ1v) is 6.70. The van der Waals surface area contributed by atoms with Crippen LogP contribution in [-0.4, -0.2) is 24.7 Å². The minimum atomic E-state index is -0.405. The second-order valence-corrected chi connectivity index (χ2v) is 5.46. The van der Waals surface area contributed by atoms with Gasteiger partial charge in [0.25, 0.3) is 0 Å². The molecular weight excluding hydrogens is 264 g/mol. The van der Waals surface area contributed by atoms with Crippen molar-refractivity contribution in [1.29, 1.82) is 5.41 Å². The lowest BCUT2D eigenvalue weighted by atomic mass is 10.1. The van der Waals surface area contributed by atoms with Crippen LogP contribution >= 0.6 is 11.3 Å². The number of nitrogens with one attached hydrogen (secondary N) is 2. The van der Waals surface area contributed by atoms with Crippen molar-refractivity contribution in [1.82, 2.24) is 0 Å². The first-order chi connectivity index (χ1) is 8.86. The van der Waals surface area contributed by atoms with E-state index >= 15 is 0 Å². The molecule has 0 bridgehead atoms. The number of aryl methyl sites for hydroxylation is 1. The number of anilines is 1. The first-order valence-electron chi connectivity index (χ1n) is 5.89. The summed E-state index contributed by atoms with van der Waals surface area (Å²) in [5.41, 5.74) is 2.21. The fourth-order valence-electron chi connectivity index (χ4n) is 1.67. The van der Waals surface area contributed by atoms with Gasteiger partial charge in [-0.1, -0.05) is 0 Å². The number of thiophene rings is 1. The van der Waals surface area contributed by atoms with Crippen molar-refractivity contribution >= 4 is 33.9 Å². The average Bonchev–Trinajstić information content (AvgIpc) is 2.61. The molecule has 19 heavy (non-hydrogen) atoms. The van der Waals surface area contributed by atoms with Gasteiger partial charge in [-0.05, 0) is 26.3 Å². The van der Waals surface area contributed by atoms with Gasteiger partial charge in [-0.3, -0.25) is 9.59 Å². The first kappa shape index (κ1) is 15.4. The van der Waals surface area contributed by atoms with Gasteiger partial charge in [-0.15, -0.1) is 11.3 Å². The second-order valence-electron chi connectivity index (χ2n) is 4.24. The summed E-state index contributed by atoms with van der Waals surface area (Å²) >= 11 is 1.45. The molecule has 0 aromatic carbocycles. The molecule has 0 fully saturated rings. The number of ether oxygens (including phenoxy) is 1. The van der Waals surface area contributed by atoms with Crippen LogP contribution in [0.3, 0.4) is 0 Å². The van der Waals surface area contributed by atoms with Crippen molar-refractivity contribution in [3.63, 3.8) is 0 Å². The number of carbonyl (C=O) groups excluding carboxylic acids is 2. The van der Waals surface area contributed by atoms with Crippen molar-refractivity contribution in [2.75, 3.05) is 12.4 Å². The molecule has 2 N–H and O–H groups in total. The molecular formula is C13H18N2O3S. The third-order valence-electron chi connectivity index (χ3n) is 2.80. The summed E-state index contributed by atoms with van der Waals surface area (Å²) in [5, 5.41) is 11.2. The fourth-order valence-corrected chi connectivity index (χ4v) is 2.81. The van der Waals surface area contributed by atoms with E-state index < -0.39 is 5.97 Å². The van der Waals surface area contributed by atoms with E-state index in [4.69, 9.17) is 5.41 Å². The molecule has 0 aliphatic rings. The zero-order valence-electron chi connectivity index (χ0n) is 11.5. The van der Waals surface area contributed by atoms with E-state index in [2.05, 4.69) is 10.1 Å². The number of hydrogen-bond acceptors (Lipinski definition) is 5. The van der Waals surface area contributed by atoms with E-state index in [0.717, 1.165) is 16.0 Å². The molecule has 1 amide bonds. The second kappa shape index (κ2) is 6.47. The zero-order valence-corrected chi connectivity index (χ0v) is 12.4. The highest BCUT2D eigenvalue weighted by Crippen LogP contribution is 2.32. The number of esters is 1. The maximum absolute atomic E-state index is 11.7. The Hall–Kier alpha value is -1.69. The van der Waals surface area contributed by atoms with Crippen LogP contribution in [0.25, 0.3) is 0 Å². The zero-order chi connectivity index (χ0) is 14.6. The molecule has 0 aliphatic heterocycles. The molecule has 5 nitrogen and oxygen atoms in total. The van der Waals surface area contributed by atoms with E-state index in [-0.39, 0.29) is 18.7 Å². The maximum Gasteiger partial charge on any atom is 0.306 e. The summed E-state index contributed by atoms with van der Waals surface area (Å²) in [6, 6.07) is 0. The van der Waals surface area contributed by atoms with Crippen molar-refractivity contribution in [2.45, 2.75) is 33.6 Å². The molecule has 6 heteroatoms. The normalized spacial score (nSPS) is 10.1. The smallest absolute Gasteiger partial charge is 0.306 e. The van der Waals surface area contributed by atoms with Gasteiger partial charge in [0.15, 0.2) is 0 Å². The molecule has 1 rings (SSSR count). The summed E-state index contributed by atoms with van der Waals surface area (Å²) in [7, 11) is 1.29. The monoisotopic (exact) mass is 282 g/mol. The Morgan fingerprint density at radius 3 is 2.47 bits per heavy atom. The molecule has 1 aromatic heterocycles.